The molecule has 7 nitrogen and oxygen atoms in total. The van der Waals surface area contributed by atoms with Crippen LogP contribution in [0, 0.1) is 11.6 Å². The second-order valence-corrected chi connectivity index (χ2v) is 6.58. The van der Waals surface area contributed by atoms with Crippen molar-refractivity contribution in [3.8, 4) is 0 Å². The Hall–Kier alpha value is -2.91. The number of carbonyl (C=O) groups is 1. The summed E-state index contributed by atoms with van der Waals surface area (Å²) >= 11 is 0. The quantitative estimate of drug-likeness (QED) is 0.727. The number of ether oxygens (including phenoxy) is 1. The highest BCUT2D eigenvalue weighted by Gasteiger charge is 2.14. The van der Waals surface area contributed by atoms with E-state index in [-0.39, 0.29) is 5.69 Å². The van der Waals surface area contributed by atoms with Gasteiger partial charge in [0.05, 0.1) is 25.3 Å². The number of amides is 1. The minimum absolute atomic E-state index is 0.0526. The van der Waals surface area contributed by atoms with Crippen molar-refractivity contribution in [3.05, 3.63) is 53.6 Å². The van der Waals surface area contributed by atoms with Gasteiger partial charge in [-0.3, -0.25) is 9.69 Å². The Kier molecular flexibility index (Phi) is 5.27. The maximum absolute atomic E-state index is 13.3. The van der Waals surface area contributed by atoms with Crippen LogP contribution in [0.1, 0.15) is 10.4 Å². The molecule has 0 unspecified atom stereocenters. The lowest BCUT2D eigenvalue weighted by Gasteiger charge is -2.26. The minimum atomic E-state index is -0.756. The molecule has 146 valence electrons. The van der Waals surface area contributed by atoms with Gasteiger partial charge in [0, 0.05) is 37.0 Å². The third kappa shape index (κ3) is 4.15. The van der Waals surface area contributed by atoms with Gasteiger partial charge in [-0.05, 0) is 30.3 Å². The van der Waals surface area contributed by atoms with Gasteiger partial charge in [-0.1, -0.05) is 5.21 Å². The van der Waals surface area contributed by atoms with E-state index in [0.717, 1.165) is 56.6 Å². The molecular weight excluding hydrogens is 368 g/mol. The fraction of sp³-hybridized carbons (Fsp3) is 0.316. The standard InChI is InChI=1S/C19H19F2N5O2/c20-14-10-15(21)12-16(11-14)22-19(27)13-1-2-18-17(9-13)23-24-26(18)4-3-25-5-7-28-8-6-25/h1-2,9-12H,3-8H2,(H,22,27). The molecule has 1 N–H and O–H groups in total. The predicted molar refractivity (Wildman–Crippen MR) is 99.1 cm³/mol. The van der Waals surface area contributed by atoms with Gasteiger partial charge in [0.2, 0.25) is 0 Å². The van der Waals surface area contributed by atoms with Crippen molar-refractivity contribution in [2.24, 2.45) is 0 Å². The molecule has 0 spiro atoms. The van der Waals surface area contributed by atoms with Gasteiger partial charge in [0.25, 0.3) is 5.91 Å². The summed E-state index contributed by atoms with van der Waals surface area (Å²) in [6.07, 6.45) is 0. The van der Waals surface area contributed by atoms with Crippen LogP contribution in [0.25, 0.3) is 11.0 Å². The third-order valence-electron chi connectivity index (χ3n) is 4.63. The molecule has 0 aliphatic carbocycles. The lowest BCUT2D eigenvalue weighted by Crippen LogP contribution is -2.38. The molecule has 9 heteroatoms. The number of carbonyl (C=O) groups excluding carboxylic acids is 1. The first-order valence-electron chi connectivity index (χ1n) is 8.99. The molecule has 2 aromatic carbocycles. The van der Waals surface area contributed by atoms with E-state index in [9.17, 15) is 13.6 Å². The molecule has 1 aromatic heterocycles. The van der Waals surface area contributed by atoms with Crippen molar-refractivity contribution in [1.82, 2.24) is 19.9 Å². The number of morpholine rings is 1. The Morgan fingerprint density at radius 2 is 1.82 bits per heavy atom. The van der Waals surface area contributed by atoms with Crippen LogP contribution >= 0.6 is 0 Å². The summed E-state index contributed by atoms with van der Waals surface area (Å²) < 4.78 is 33.7. The number of anilines is 1. The van der Waals surface area contributed by atoms with Gasteiger partial charge in [-0.25, -0.2) is 13.5 Å². The summed E-state index contributed by atoms with van der Waals surface area (Å²) in [7, 11) is 0. The average molecular weight is 387 g/mol. The zero-order valence-corrected chi connectivity index (χ0v) is 15.1. The Morgan fingerprint density at radius 3 is 2.57 bits per heavy atom. The van der Waals surface area contributed by atoms with E-state index < -0.39 is 17.5 Å². The van der Waals surface area contributed by atoms with Crippen molar-refractivity contribution in [2.45, 2.75) is 6.54 Å². The first-order valence-corrected chi connectivity index (χ1v) is 8.99. The zero-order valence-electron chi connectivity index (χ0n) is 15.1. The Morgan fingerprint density at radius 1 is 1.07 bits per heavy atom. The highest BCUT2D eigenvalue weighted by Crippen LogP contribution is 2.17. The smallest absolute Gasteiger partial charge is 0.255 e. The first kappa shape index (κ1) is 18.5. The molecule has 28 heavy (non-hydrogen) atoms. The molecule has 1 fully saturated rings. The Bertz CT molecular complexity index is 981. The van der Waals surface area contributed by atoms with Crippen LogP contribution in [0.3, 0.4) is 0 Å². The second kappa shape index (κ2) is 7.99. The van der Waals surface area contributed by atoms with E-state index in [4.69, 9.17) is 4.74 Å². The molecule has 0 saturated carbocycles. The molecule has 0 atom stereocenters. The summed E-state index contributed by atoms with van der Waals surface area (Å²) in [5.41, 5.74) is 1.79. The van der Waals surface area contributed by atoms with Crippen molar-refractivity contribution in [3.63, 3.8) is 0 Å². The molecule has 0 radical (unpaired) electrons. The van der Waals surface area contributed by atoms with Crippen LogP contribution in [0.4, 0.5) is 14.5 Å². The number of fused-ring (bicyclic) bond motifs is 1. The monoisotopic (exact) mass is 387 g/mol. The number of hydrogen-bond donors (Lipinski definition) is 1. The van der Waals surface area contributed by atoms with Gasteiger partial charge in [0.15, 0.2) is 0 Å². The maximum Gasteiger partial charge on any atom is 0.255 e. The fourth-order valence-corrected chi connectivity index (χ4v) is 3.17. The molecular formula is C19H19F2N5O2. The molecule has 1 saturated heterocycles. The first-order chi connectivity index (χ1) is 13.6. The average Bonchev–Trinajstić information content (AvgIpc) is 3.08. The van der Waals surface area contributed by atoms with E-state index in [1.54, 1.807) is 22.9 Å². The number of rotatable bonds is 5. The zero-order chi connectivity index (χ0) is 19.5. The Labute approximate surface area is 159 Å². The maximum atomic E-state index is 13.3. The largest absolute Gasteiger partial charge is 0.379 e. The molecule has 1 aliphatic rings. The van der Waals surface area contributed by atoms with Gasteiger partial charge < -0.3 is 10.1 Å². The summed E-state index contributed by atoms with van der Waals surface area (Å²) in [5.74, 6) is -1.99. The minimum Gasteiger partial charge on any atom is -0.379 e. The summed E-state index contributed by atoms with van der Waals surface area (Å²) in [6, 6.07) is 7.88. The van der Waals surface area contributed by atoms with Crippen molar-refractivity contribution >= 4 is 22.6 Å². The molecule has 0 bridgehead atoms. The topological polar surface area (TPSA) is 72.3 Å². The van der Waals surface area contributed by atoms with E-state index >= 15 is 0 Å². The van der Waals surface area contributed by atoms with Gasteiger partial charge in [-0.2, -0.15) is 0 Å². The number of aromatic nitrogens is 3. The summed E-state index contributed by atoms with van der Waals surface area (Å²) in [4.78, 5) is 14.7. The number of benzene rings is 2. The van der Waals surface area contributed by atoms with Gasteiger partial charge in [0.1, 0.15) is 17.2 Å². The van der Waals surface area contributed by atoms with Crippen LogP contribution in [0.15, 0.2) is 36.4 Å². The fourth-order valence-electron chi connectivity index (χ4n) is 3.17. The van der Waals surface area contributed by atoms with Crippen molar-refractivity contribution in [1.29, 1.82) is 0 Å². The van der Waals surface area contributed by atoms with E-state index in [1.807, 2.05) is 0 Å². The van der Waals surface area contributed by atoms with Gasteiger partial charge in [-0.15, -0.1) is 5.10 Å². The van der Waals surface area contributed by atoms with E-state index in [2.05, 4.69) is 20.5 Å². The molecule has 1 amide bonds. The SMILES string of the molecule is O=C(Nc1cc(F)cc(F)c1)c1ccc2c(c1)nnn2CCN1CCOCC1. The normalized spacial score (nSPS) is 15.1. The lowest BCUT2D eigenvalue weighted by molar-refractivity contribution is 0.0360. The number of nitrogens with zero attached hydrogens (tertiary/aromatic N) is 4. The Balaban J connectivity index is 1.46. The summed E-state index contributed by atoms with van der Waals surface area (Å²) in [6.45, 7) is 4.81. The molecule has 2 heterocycles. The third-order valence-corrected chi connectivity index (χ3v) is 4.63. The molecule has 1 aliphatic heterocycles. The van der Waals surface area contributed by atoms with Gasteiger partial charge >= 0.3 is 0 Å². The van der Waals surface area contributed by atoms with E-state index in [0.29, 0.717) is 17.6 Å². The molecule has 3 aromatic rings. The van der Waals surface area contributed by atoms with Crippen LogP contribution in [0.2, 0.25) is 0 Å². The number of halogens is 2. The lowest BCUT2D eigenvalue weighted by atomic mass is 10.1. The molecule has 4 rings (SSSR count). The highest BCUT2D eigenvalue weighted by molar-refractivity contribution is 6.05. The number of hydrogen-bond acceptors (Lipinski definition) is 5. The van der Waals surface area contributed by atoms with Crippen LogP contribution < -0.4 is 5.32 Å². The van der Waals surface area contributed by atoms with Crippen LogP contribution in [-0.2, 0) is 11.3 Å². The van der Waals surface area contributed by atoms with Crippen molar-refractivity contribution < 1.29 is 18.3 Å². The number of nitrogens with one attached hydrogen (secondary N) is 1. The van der Waals surface area contributed by atoms with Crippen LogP contribution in [-0.4, -0.2) is 58.6 Å². The van der Waals surface area contributed by atoms with Crippen LogP contribution in [0.5, 0.6) is 0 Å². The summed E-state index contributed by atoms with van der Waals surface area (Å²) in [5, 5.41) is 10.8. The van der Waals surface area contributed by atoms with E-state index in [1.165, 1.54) is 0 Å². The van der Waals surface area contributed by atoms with Crippen molar-refractivity contribution in [2.75, 3.05) is 38.2 Å². The second-order valence-electron chi connectivity index (χ2n) is 6.58. The predicted octanol–water partition coefficient (Wildman–Crippen LogP) is 2.29. The highest BCUT2D eigenvalue weighted by atomic mass is 19.1.